The summed E-state index contributed by atoms with van der Waals surface area (Å²) in [5.41, 5.74) is 2.14. The van der Waals surface area contributed by atoms with Crippen molar-refractivity contribution in [3.8, 4) is 11.5 Å². The number of carbonyl (C=O) groups excluding carboxylic acids is 2. The van der Waals surface area contributed by atoms with Crippen molar-refractivity contribution in [2.45, 2.75) is 58.8 Å². The van der Waals surface area contributed by atoms with Crippen LogP contribution in [0.1, 0.15) is 43.5 Å². The Morgan fingerprint density at radius 3 is 2.47 bits per heavy atom. The number of para-hydroxylation sites is 1. The number of rotatable bonds is 8. The van der Waals surface area contributed by atoms with E-state index in [4.69, 9.17) is 9.47 Å². The molecule has 9 nitrogen and oxygen atoms in total. The van der Waals surface area contributed by atoms with Crippen molar-refractivity contribution >= 4 is 11.9 Å². The molecule has 2 saturated heterocycles. The Morgan fingerprint density at radius 2 is 1.85 bits per heavy atom. The molecule has 1 atom stereocenters. The largest absolute Gasteiger partial charge is 0.493 e. The molecule has 0 saturated carbocycles. The van der Waals surface area contributed by atoms with Crippen molar-refractivity contribution in [2.75, 3.05) is 27.3 Å². The summed E-state index contributed by atoms with van der Waals surface area (Å²) in [7, 11) is 3.12. The van der Waals surface area contributed by atoms with Crippen LogP contribution in [0.15, 0.2) is 24.4 Å². The second kappa shape index (κ2) is 9.66. The third kappa shape index (κ3) is 4.36. The molecular formula is C25H35N5O4. The van der Waals surface area contributed by atoms with Crippen molar-refractivity contribution in [3.63, 3.8) is 0 Å². The van der Waals surface area contributed by atoms with Gasteiger partial charge in [-0.2, -0.15) is 5.10 Å². The number of carbonyl (C=O) groups is 2. The second-order valence-corrected chi connectivity index (χ2v) is 9.32. The van der Waals surface area contributed by atoms with E-state index in [9.17, 15) is 9.59 Å². The van der Waals surface area contributed by atoms with Crippen molar-refractivity contribution in [3.05, 3.63) is 41.2 Å². The molecule has 184 valence electrons. The summed E-state index contributed by atoms with van der Waals surface area (Å²) in [5, 5.41) is 7.55. The van der Waals surface area contributed by atoms with E-state index in [2.05, 4.69) is 28.4 Å². The predicted octanol–water partition coefficient (Wildman–Crippen LogP) is 2.95. The van der Waals surface area contributed by atoms with E-state index in [-0.39, 0.29) is 24.4 Å². The monoisotopic (exact) mass is 469 g/mol. The summed E-state index contributed by atoms with van der Waals surface area (Å²) in [4.78, 5) is 30.1. The molecular weight excluding hydrogens is 434 g/mol. The van der Waals surface area contributed by atoms with Crippen LogP contribution in [0.2, 0.25) is 0 Å². The minimum absolute atomic E-state index is 0.0804. The molecule has 9 heteroatoms. The van der Waals surface area contributed by atoms with Gasteiger partial charge >= 0.3 is 6.03 Å². The third-order valence-corrected chi connectivity index (χ3v) is 7.28. The molecule has 3 amide bonds. The van der Waals surface area contributed by atoms with Gasteiger partial charge in [0.05, 0.1) is 26.5 Å². The number of amides is 3. The zero-order valence-electron chi connectivity index (χ0n) is 20.8. The van der Waals surface area contributed by atoms with E-state index in [1.54, 1.807) is 20.3 Å². The Morgan fingerprint density at radius 1 is 1.12 bits per heavy atom. The van der Waals surface area contributed by atoms with E-state index in [0.717, 1.165) is 50.3 Å². The first kappa shape index (κ1) is 24.1. The standard InChI is InChI=1S/C25H35N5O4/c1-6-29-15-19(17(2)27-29)14-28-12-10-20(11-13-28)25(3)23(31)30(24(32)26-25)16-18-8-7-9-21(33-4)22(18)34-5/h7-9,15,20H,6,10-14,16H2,1-5H3,(H,26,32). The molecule has 2 aliphatic heterocycles. The van der Waals surface area contributed by atoms with Crippen LogP contribution in [0.3, 0.4) is 0 Å². The first-order chi connectivity index (χ1) is 16.3. The highest BCUT2D eigenvalue weighted by Crippen LogP contribution is 2.36. The number of urea groups is 1. The van der Waals surface area contributed by atoms with Gasteiger partial charge in [0.15, 0.2) is 11.5 Å². The highest BCUT2D eigenvalue weighted by Gasteiger charge is 2.52. The Hall–Kier alpha value is -3.07. The van der Waals surface area contributed by atoms with E-state index in [0.29, 0.717) is 11.5 Å². The average Bonchev–Trinajstić information content (AvgIpc) is 3.30. The maximum atomic E-state index is 13.5. The lowest BCUT2D eigenvalue weighted by Crippen LogP contribution is -2.53. The summed E-state index contributed by atoms with van der Waals surface area (Å²) >= 11 is 0. The predicted molar refractivity (Wildman–Crippen MR) is 128 cm³/mol. The Kier molecular flexibility index (Phi) is 6.84. The fourth-order valence-electron chi connectivity index (χ4n) is 5.17. The normalized spacial score (nSPS) is 21.7. The summed E-state index contributed by atoms with van der Waals surface area (Å²) in [6.45, 7) is 9.62. The number of methoxy groups -OCH3 is 2. The number of hydrogen-bond acceptors (Lipinski definition) is 6. The highest BCUT2D eigenvalue weighted by molar-refractivity contribution is 6.07. The van der Waals surface area contributed by atoms with Gasteiger partial charge in [0.1, 0.15) is 5.54 Å². The van der Waals surface area contributed by atoms with Crippen LogP contribution >= 0.6 is 0 Å². The van der Waals surface area contributed by atoms with E-state index in [1.807, 2.05) is 30.7 Å². The summed E-state index contributed by atoms with van der Waals surface area (Å²) < 4.78 is 12.8. The maximum Gasteiger partial charge on any atom is 0.325 e. The first-order valence-electron chi connectivity index (χ1n) is 11.9. The van der Waals surface area contributed by atoms with Crippen molar-refractivity contribution in [2.24, 2.45) is 5.92 Å². The van der Waals surface area contributed by atoms with E-state index >= 15 is 0 Å². The zero-order chi connectivity index (χ0) is 24.5. The van der Waals surface area contributed by atoms with Gasteiger partial charge in [0.2, 0.25) is 0 Å². The summed E-state index contributed by atoms with van der Waals surface area (Å²) in [6.07, 6.45) is 3.81. The third-order valence-electron chi connectivity index (χ3n) is 7.28. The van der Waals surface area contributed by atoms with Crippen LogP contribution in [0.5, 0.6) is 11.5 Å². The number of piperidine rings is 1. The maximum absolute atomic E-state index is 13.5. The molecule has 0 spiro atoms. The lowest BCUT2D eigenvalue weighted by atomic mass is 9.79. The van der Waals surface area contributed by atoms with E-state index in [1.165, 1.54) is 10.5 Å². The van der Waals surface area contributed by atoms with Gasteiger partial charge in [-0.05, 0) is 58.7 Å². The number of nitrogens with one attached hydrogen (secondary N) is 1. The molecule has 1 aromatic carbocycles. The van der Waals surface area contributed by atoms with Gasteiger partial charge in [-0.1, -0.05) is 12.1 Å². The topological polar surface area (TPSA) is 88.9 Å². The quantitative estimate of drug-likeness (QED) is 0.598. The number of aromatic nitrogens is 2. The Balaban J connectivity index is 1.42. The highest BCUT2D eigenvalue weighted by atomic mass is 16.5. The number of benzene rings is 1. The van der Waals surface area contributed by atoms with E-state index < -0.39 is 5.54 Å². The Labute approximate surface area is 201 Å². The lowest BCUT2D eigenvalue weighted by Gasteiger charge is -2.38. The number of hydrogen-bond donors (Lipinski definition) is 1. The molecule has 2 aromatic rings. The Bertz CT molecular complexity index is 1060. The SMILES string of the molecule is CCn1cc(CN2CCC(C3(C)NC(=O)N(Cc4cccc(OC)c4OC)C3=O)CC2)c(C)n1. The van der Waals surface area contributed by atoms with Crippen LogP contribution in [0.25, 0.3) is 0 Å². The second-order valence-electron chi connectivity index (χ2n) is 9.32. The van der Waals surface area contributed by atoms with Crippen LogP contribution in [0, 0.1) is 12.8 Å². The molecule has 3 heterocycles. The van der Waals surface area contributed by atoms with Crippen LogP contribution in [0.4, 0.5) is 4.79 Å². The molecule has 0 bridgehead atoms. The van der Waals surface area contributed by atoms with Crippen molar-refractivity contribution < 1.29 is 19.1 Å². The number of nitrogens with zero attached hydrogens (tertiary/aromatic N) is 4. The minimum atomic E-state index is -0.904. The fraction of sp³-hybridized carbons (Fsp3) is 0.560. The van der Waals surface area contributed by atoms with Gasteiger partial charge < -0.3 is 14.8 Å². The van der Waals surface area contributed by atoms with Crippen molar-refractivity contribution in [1.29, 1.82) is 0 Å². The molecule has 34 heavy (non-hydrogen) atoms. The zero-order valence-corrected chi connectivity index (χ0v) is 20.8. The minimum Gasteiger partial charge on any atom is -0.493 e. The first-order valence-corrected chi connectivity index (χ1v) is 11.9. The van der Waals surface area contributed by atoms with Gasteiger partial charge in [0.25, 0.3) is 5.91 Å². The van der Waals surface area contributed by atoms with Gasteiger partial charge in [-0.25, -0.2) is 4.79 Å². The molecule has 1 N–H and O–H groups in total. The fourth-order valence-corrected chi connectivity index (χ4v) is 5.17. The van der Waals surface area contributed by atoms with Crippen LogP contribution in [-0.2, 0) is 24.4 Å². The van der Waals surface area contributed by atoms with Gasteiger partial charge in [-0.3, -0.25) is 19.3 Å². The number of imide groups is 1. The van der Waals surface area contributed by atoms with Gasteiger partial charge in [0, 0.05) is 30.4 Å². The molecule has 0 aliphatic carbocycles. The molecule has 0 radical (unpaired) electrons. The molecule has 2 aliphatic rings. The van der Waals surface area contributed by atoms with Crippen LogP contribution in [-0.4, -0.2) is 64.4 Å². The van der Waals surface area contributed by atoms with Crippen LogP contribution < -0.4 is 14.8 Å². The number of likely N-dealkylation sites (tertiary alicyclic amines) is 1. The number of aryl methyl sites for hydroxylation is 2. The molecule has 1 aromatic heterocycles. The summed E-state index contributed by atoms with van der Waals surface area (Å²) in [5.74, 6) is 1.01. The summed E-state index contributed by atoms with van der Waals surface area (Å²) in [6, 6.07) is 5.11. The molecule has 2 fully saturated rings. The van der Waals surface area contributed by atoms with Crippen molar-refractivity contribution in [1.82, 2.24) is 24.9 Å². The average molecular weight is 470 g/mol. The van der Waals surface area contributed by atoms with Gasteiger partial charge in [-0.15, -0.1) is 0 Å². The number of ether oxygens (including phenoxy) is 2. The smallest absolute Gasteiger partial charge is 0.325 e. The lowest BCUT2D eigenvalue weighted by molar-refractivity contribution is -0.133. The molecule has 1 unspecified atom stereocenters. The molecule has 4 rings (SSSR count).